The maximum atomic E-state index is 14.4. The lowest BCUT2D eigenvalue weighted by molar-refractivity contribution is -0.145. The van der Waals surface area contributed by atoms with E-state index in [0.717, 1.165) is 16.7 Å². The van der Waals surface area contributed by atoms with Crippen LogP contribution in [0.3, 0.4) is 0 Å². The van der Waals surface area contributed by atoms with Crippen LogP contribution < -0.4 is 10.6 Å². The summed E-state index contributed by atoms with van der Waals surface area (Å²) in [7, 11) is 0. The Morgan fingerprint density at radius 1 is 0.949 bits per heavy atom. The Balaban J connectivity index is 2.62. The van der Waals surface area contributed by atoms with Crippen LogP contribution in [0.1, 0.15) is 83.2 Å². The van der Waals surface area contributed by atoms with Gasteiger partial charge in [-0.1, -0.05) is 37.3 Å². The van der Waals surface area contributed by atoms with Crippen LogP contribution in [0.25, 0.3) is 0 Å². The third-order valence-corrected chi connectivity index (χ3v) is 6.49. The first-order chi connectivity index (χ1) is 18.1. The molecule has 2 aromatic rings. The zero-order valence-electron chi connectivity index (χ0n) is 24.8. The molecule has 0 saturated carbocycles. The van der Waals surface area contributed by atoms with Gasteiger partial charge in [-0.15, -0.1) is 0 Å². The average Bonchev–Trinajstić information content (AvgIpc) is 2.82. The maximum Gasteiger partial charge on any atom is 0.408 e. The molecule has 39 heavy (non-hydrogen) atoms. The number of phenols is 1. The molecular weight excluding hydrogens is 494 g/mol. The van der Waals surface area contributed by atoms with E-state index in [4.69, 9.17) is 4.74 Å². The summed E-state index contributed by atoms with van der Waals surface area (Å²) in [5, 5.41) is 15.5. The highest BCUT2D eigenvalue weighted by atomic mass is 16.6. The van der Waals surface area contributed by atoms with E-state index in [9.17, 15) is 19.5 Å². The van der Waals surface area contributed by atoms with Gasteiger partial charge in [-0.3, -0.25) is 9.59 Å². The smallest absolute Gasteiger partial charge is 0.408 e. The van der Waals surface area contributed by atoms with E-state index in [1.807, 2.05) is 59.7 Å². The topological polar surface area (TPSA) is 108 Å². The number of hydrogen-bond donors (Lipinski definition) is 3. The molecule has 0 aliphatic heterocycles. The van der Waals surface area contributed by atoms with Gasteiger partial charge in [-0.05, 0) is 96.2 Å². The molecule has 214 valence electrons. The first kappa shape index (κ1) is 31.7. The minimum atomic E-state index is -1.01. The number of aryl methyl sites for hydroxylation is 2. The van der Waals surface area contributed by atoms with Gasteiger partial charge in [0, 0.05) is 18.5 Å². The number of alkyl carbamates (subject to hydrolysis) is 1. The second-order valence-electron chi connectivity index (χ2n) is 11.5. The van der Waals surface area contributed by atoms with Crippen molar-refractivity contribution in [3.8, 4) is 5.75 Å². The molecule has 0 spiro atoms. The van der Waals surface area contributed by atoms with Crippen molar-refractivity contribution in [2.75, 3.05) is 0 Å². The van der Waals surface area contributed by atoms with Gasteiger partial charge in [0.2, 0.25) is 11.8 Å². The Morgan fingerprint density at radius 2 is 1.56 bits per heavy atom. The molecule has 0 aromatic heterocycles. The quantitative estimate of drug-likeness (QED) is 0.378. The third-order valence-electron chi connectivity index (χ3n) is 6.49. The fourth-order valence-electron chi connectivity index (χ4n) is 4.23. The molecule has 2 rings (SSSR count). The summed E-state index contributed by atoms with van der Waals surface area (Å²) in [5.41, 5.74) is 2.77. The minimum Gasteiger partial charge on any atom is -0.508 e. The number of rotatable bonds is 10. The number of phenolic OH excluding ortho intramolecular Hbond substituents is 1. The van der Waals surface area contributed by atoms with Crippen LogP contribution in [-0.2, 0) is 20.7 Å². The molecule has 8 nitrogen and oxygen atoms in total. The Labute approximate surface area is 233 Å². The number of nitrogens with one attached hydrogen (secondary N) is 2. The van der Waals surface area contributed by atoms with E-state index in [-0.39, 0.29) is 30.2 Å². The highest BCUT2D eigenvalue weighted by Crippen LogP contribution is 2.28. The molecule has 0 aliphatic carbocycles. The highest BCUT2D eigenvalue weighted by Gasteiger charge is 2.38. The Bertz CT molecular complexity index is 1140. The number of amides is 3. The number of carbonyl (C=O) groups is 3. The second-order valence-corrected chi connectivity index (χ2v) is 11.5. The predicted octanol–water partition coefficient (Wildman–Crippen LogP) is 5.34. The van der Waals surface area contributed by atoms with Crippen molar-refractivity contribution < 1.29 is 24.2 Å². The fourth-order valence-corrected chi connectivity index (χ4v) is 4.23. The van der Waals surface area contributed by atoms with Crippen molar-refractivity contribution in [3.05, 3.63) is 64.7 Å². The van der Waals surface area contributed by atoms with Crippen LogP contribution in [-0.4, -0.2) is 51.6 Å². The number of benzene rings is 2. The van der Waals surface area contributed by atoms with Crippen LogP contribution >= 0.6 is 0 Å². The van der Waals surface area contributed by atoms with Gasteiger partial charge in [-0.2, -0.15) is 0 Å². The maximum absolute atomic E-state index is 14.4. The van der Waals surface area contributed by atoms with E-state index in [1.54, 1.807) is 37.8 Å². The number of ether oxygens (including phenoxy) is 1. The van der Waals surface area contributed by atoms with Crippen LogP contribution in [0.2, 0.25) is 0 Å². The molecule has 3 unspecified atom stereocenters. The lowest BCUT2D eigenvalue weighted by atomic mass is 9.95. The van der Waals surface area contributed by atoms with Gasteiger partial charge in [0.25, 0.3) is 0 Å². The SMILES string of the molecule is CCC(C)N(C(=O)C(Cc1ccc(O)cc1)NC(=O)OC(C)(C)C)C(C(=O)NC(C)C)c1ccc(C)c(C)c1. The van der Waals surface area contributed by atoms with Crippen molar-refractivity contribution >= 4 is 17.9 Å². The minimum absolute atomic E-state index is 0.100. The molecule has 8 heteroatoms. The van der Waals surface area contributed by atoms with Gasteiger partial charge in [0.1, 0.15) is 23.4 Å². The summed E-state index contributed by atoms with van der Waals surface area (Å²) in [6, 6.07) is 9.87. The first-order valence-corrected chi connectivity index (χ1v) is 13.6. The van der Waals surface area contributed by atoms with E-state index in [2.05, 4.69) is 10.6 Å². The van der Waals surface area contributed by atoms with E-state index in [0.29, 0.717) is 12.0 Å². The first-order valence-electron chi connectivity index (χ1n) is 13.6. The molecule has 0 radical (unpaired) electrons. The summed E-state index contributed by atoms with van der Waals surface area (Å²) in [5.74, 6) is -0.587. The van der Waals surface area contributed by atoms with Gasteiger partial charge in [0.05, 0.1) is 0 Å². The van der Waals surface area contributed by atoms with Crippen LogP contribution in [0.15, 0.2) is 42.5 Å². The van der Waals surface area contributed by atoms with Crippen LogP contribution in [0.5, 0.6) is 5.75 Å². The van der Waals surface area contributed by atoms with Gasteiger partial charge >= 0.3 is 6.09 Å². The lowest BCUT2D eigenvalue weighted by Crippen LogP contribution is -2.56. The average molecular weight is 540 g/mol. The van der Waals surface area contributed by atoms with Crippen LogP contribution in [0, 0.1) is 13.8 Å². The largest absolute Gasteiger partial charge is 0.508 e. The molecule has 0 fully saturated rings. The van der Waals surface area contributed by atoms with Crippen molar-refractivity contribution in [2.45, 2.75) is 105 Å². The molecule has 3 amide bonds. The summed E-state index contributed by atoms with van der Waals surface area (Å²) in [4.78, 5) is 42.5. The molecular formula is C31H45N3O5. The molecule has 3 N–H and O–H groups in total. The van der Waals surface area contributed by atoms with E-state index in [1.165, 1.54) is 12.1 Å². The number of aromatic hydroxyl groups is 1. The van der Waals surface area contributed by atoms with Gasteiger partial charge < -0.3 is 25.4 Å². The Morgan fingerprint density at radius 3 is 2.08 bits per heavy atom. The predicted molar refractivity (Wildman–Crippen MR) is 154 cm³/mol. The molecule has 0 saturated heterocycles. The second kappa shape index (κ2) is 13.5. The monoisotopic (exact) mass is 539 g/mol. The van der Waals surface area contributed by atoms with Gasteiger partial charge in [0.15, 0.2) is 0 Å². The zero-order valence-corrected chi connectivity index (χ0v) is 24.8. The Kier molecular flexibility index (Phi) is 11.0. The van der Waals surface area contributed by atoms with E-state index < -0.39 is 29.7 Å². The summed E-state index contributed by atoms with van der Waals surface area (Å²) >= 11 is 0. The Hall–Kier alpha value is -3.55. The molecule has 0 heterocycles. The van der Waals surface area contributed by atoms with Crippen LogP contribution in [0.4, 0.5) is 4.79 Å². The standard InChI is InChI=1S/C31H45N3O5/c1-10-22(6)34(27(28(36)32-19(2)3)24-14-11-20(4)21(5)17-24)29(37)26(33-30(38)39-31(7,8)9)18-23-12-15-25(35)16-13-23/h11-17,19,22,26-27,35H,10,18H2,1-9H3,(H,32,36)(H,33,38). The molecule has 2 aromatic carbocycles. The molecule has 0 aliphatic rings. The fraction of sp³-hybridized carbons (Fsp3) is 0.516. The highest BCUT2D eigenvalue weighted by molar-refractivity contribution is 5.92. The van der Waals surface area contributed by atoms with E-state index >= 15 is 0 Å². The molecule has 3 atom stereocenters. The summed E-state index contributed by atoms with van der Waals surface area (Å²) < 4.78 is 5.48. The zero-order chi connectivity index (χ0) is 29.5. The number of carbonyl (C=O) groups excluding carboxylic acids is 3. The van der Waals surface area contributed by atoms with Crippen molar-refractivity contribution in [1.29, 1.82) is 0 Å². The van der Waals surface area contributed by atoms with Crippen molar-refractivity contribution in [3.63, 3.8) is 0 Å². The summed E-state index contributed by atoms with van der Waals surface area (Å²) in [6.07, 6.45) is 0.0232. The number of nitrogens with zero attached hydrogens (tertiary/aromatic N) is 1. The van der Waals surface area contributed by atoms with Crippen molar-refractivity contribution in [1.82, 2.24) is 15.5 Å². The molecule has 0 bridgehead atoms. The van der Waals surface area contributed by atoms with Crippen molar-refractivity contribution in [2.24, 2.45) is 0 Å². The number of hydrogen-bond acceptors (Lipinski definition) is 5. The summed E-state index contributed by atoms with van der Waals surface area (Å²) in [6.45, 7) is 16.8. The van der Waals surface area contributed by atoms with Gasteiger partial charge in [-0.25, -0.2) is 4.79 Å². The normalized spacial score (nSPS) is 13.8. The third kappa shape index (κ3) is 9.30. The lowest BCUT2D eigenvalue weighted by Gasteiger charge is -2.38.